The third-order valence-corrected chi connectivity index (χ3v) is 16.5. The minimum absolute atomic E-state index is 0.00826. The molecule has 0 radical (unpaired) electrons. The number of carbonyl (C=O) groups is 6. The minimum Gasteiger partial charge on any atom is -0.460 e. The van der Waals surface area contributed by atoms with Crippen molar-refractivity contribution < 1.29 is 67.4 Å². The number of ketones is 3. The van der Waals surface area contributed by atoms with Gasteiger partial charge in [-0.1, -0.05) is 108 Å². The summed E-state index contributed by atoms with van der Waals surface area (Å²) in [5.74, 6) is -8.33. The summed E-state index contributed by atoms with van der Waals surface area (Å²) >= 11 is 0. The molecule has 434 valence electrons. The second-order valence-electron chi connectivity index (χ2n) is 22.8. The third-order valence-electron chi connectivity index (χ3n) is 16.5. The molecule has 1 aromatic carbocycles. The lowest BCUT2D eigenvalue weighted by Crippen LogP contribution is -2.61. The molecule has 0 spiro atoms. The molecular weight excluding hydrogens is 997 g/mol. The molecule has 2 saturated heterocycles. The van der Waals surface area contributed by atoms with Crippen LogP contribution in [0, 0.1) is 35.5 Å². The van der Waals surface area contributed by atoms with Gasteiger partial charge in [0.05, 0.1) is 24.9 Å². The van der Waals surface area contributed by atoms with Crippen LogP contribution in [0.4, 0.5) is 4.79 Å². The largest absolute Gasteiger partial charge is 0.460 e. The van der Waals surface area contributed by atoms with E-state index in [1.165, 1.54) is 12.0 Å². The molecule has 5 rings (SSSR count). The Labute approximate surface area is 464 Å². The molecule has 16 nitrogen and oxygen atoms in total. The summed E-state index contributed by atoms with van der Waals surface area (Å²) in [6, 6.07) is 8.80. The molecule has 78 heavy (non-hydrogen) atoms. The Bertz CT molecular complexity index is 2260. The van der Waals surface area contributed by atoms with Gasteiger partial charge in [0.15, 0.2) is 5.78 Å². The summed E-state index contributed by atoms with van der Waals surface area (Å²) in [5.41, 5.74) is 2.36. The number of fused-ring (bicyclic) bond motifs is 3. The van der Waals surface area contributed by atoms with Gasteiger partial charge in [0.1, 0.15) is 36.2 Å². The monoisotopic (exact) mass is 1090 g/mol. The average Bonchev–Trinajstić information content (AvgIpc) is 3.46. The summed E-state index contributed by atoms with van der Waals surface area (Å²) in [4.78, 5) is 85.7. The molecule has 3 aliphatic heterocycles. The van der Waals surface area contributed by atoms with Crippen LogP contribution in [0.25, 0.3) is 0 Å². The lowest BCUT2D eigenvalue weighted by atomic mass is 9.78. The van der Waals surface area contributed by atoms with Crippen LogP contribution in [0.1, 0.15) is 144 Å². The van der Waals surface area contributed by atoms with Crippen LogP contribution in [-0.2, 0) is 58.8 Å². The molecule has 15 atom stereocenters. The summed E-state index contributed by atoms with van der Waals surface area (Å²) < 4.78 is 36.4. The number of Topliss-reactive ketones (excluding diaryl/α,β-unsaturated/α-hetero) is 3. The Hall–Kier alpha value is -4.84. The lowest BCUT2D eigenvalue weighted by Gasteiger charge is -2.43. The van der Waals surface area contributed by atoms with E-state index >= 15 is 0 Å². The normalized spacial score (nSPS) is 35.5. The number of alkyl carbamates (subject to hydrolysis) is 1. The molecule has 2 unspecified atom stereocenters. The number of esters is 1. The number of aliphatic hydroxyl groups is 2. The molecule has 1 aromatic rings. The van der Waals surface area contributed by atoms with Crippen molar-refractivity contribution in [1.29, 1.82) is 0 Å². The molecule has 1 saturated carbocycles. The summed E-state index contributed by atoms with van der Waals surface area (Å²) in [6.45, 7) is 15.6. The number of piperidine rings is 1. The molecule has 2 bridgehead atoms. The van der Waals surface area contributed by atoms with E-state index in [-0.39, 0.29) is 48.9 Å². The molecule has 4 aliphatic rings. The predicted molar refractivity (Wildman–Crippen MR) is 297 cm³/mol. The van der Waals surface area contributed by atoms with Gasteiger partial charge in [0.25, 0.3) is 11.7 Å². The second kappa shape index (κ2) is 31.2. The van der Waals surface area contributed by atoms with Crippen molar-refractivity contribution in [2.24, 2.45) is 35.5 Å². The summed E-state index contributed by atoms with van der Waals surface area (Å²) in [5, 5.41) is 26.6. The Morgan fingerprint density at radius 1 is 0.885 bits per heavy atom. The van der Waals surface area contributed by atoms with E-state index in [9.17, 15) is 39.0 Å². The van der Waals surface area contributed by atoms with Crippen molar-refractivity contribution in [3.8, 4) is 0 Å². The van der Waals surface area contributed by atoms with Crippen molar-refractivity contribution >= 4 is 35.3 Å². The van der Waals surface area contributed by atoms with Crippen molar-refractivity contribution in [3.63, 3.8) is 0 Å². The maximum absolute atomic E-state index is 14.7. The summed E-state index contributed by atoms with van der Waals surface area (Å²) in [6.07, 6.45) is 11.8. The number of allylic oxidation sites excluding steroid dienone is 6. The molecule has 3 N–H and O–H groups in total. The Balaban J connectivity index is 1.46. The van der Waals surface area contributed by atoms with E-state index in [1.807, 2.05) is 95.3 Å². The van der Waals surface area contributed by atoms with E-state index in [4.69, 9.17) is 28.4 Å². The van der Waals surface area contributed by atoms with Gasteiger partial charge in [0, 0.05) is 57.9 Å². The van der Waals surface area contributed by atoms with Crippen molar-refractivity contribution in [3.05, 3.63) is 83.5 Å². The number of methoxy groups -OCH3 is 2. The van der Waals surface area contributed by atoms with Gasteiger partial charge < -0.3 is 48.9 Å². The van der Waals surface area contributed by atoms with E-state index in [1.54, 1.807) is 34.0 Å². The second-order valence-corrected chi connectivity index (χ2v) is 22.8. The van der Waals surface area contributed by atoms with E-state index < -0.39 is 95.9 Å². The van der Waals surface area contributed by atoms with E-state index in [2.05, 4.69) is 5.32 Å². The van der Waals surface area contributed by atoms with Crippen molar-refractivity contribution in [2.75, 3.05) is 33.9 Å². The Kier molecular flexibility index (Phi) is 25.6. The highest BCUT2D eigenvalue weighted by atomic mass is 16.6. The minimum atomic E-state index is -2.48. The van der Waals surface area contributed by atoms with Crippen LogP contribution in [0.5, 0.6) is 0 Å². The fourth-order valence-corrected chi connectivity index (χ4v) is 11.5. The number of carbonyl (C=O) groups excluding carboxylic acids is 6. The maximum Gasteiger partial charge on any atom is 0.407 e. The van der Waals surface area contributed by atoms with Crippen LogP contribution in [0.15, 0.2) is 77.9 Å². The quantitative estimate of drug-likeness (QED) is 0.101. The molecular formula is C62H92N2O14. The predicted octanol–water partition coefficient (Wildman–Crippen LogP) is 8.94. The van der Waals surface area contributed by atoms with Crippen LogP contribution >= 0.6 is 0 Å². The number of hydrogen-bond donors (Lipinski definition) is 3. The van der Waals surface area contributed by atoms with Gasteiger partial charge in [0.2, 0.25) is 5.79 Å². The zero-order chi connectivity index (χ0) is 57.1. The van der Waals surface area contributed by atoms with Crippen molar-refractivity contribution in [1.82, 2.24) is 10.2 Å². The number of cyclic esters (lactones) is 1. The van der Waals surface area contributed by atoms with Gasteiger partial charge in [-0.3, -0.25) is 19.2 Å². The zero-order valence-electron chi connectivity index (χ0n) is 48.2. The first-order chi connectivity index (χ1) is 37.2. The van der Waals surface area contributed by atoms with Gasteiger partial charge in [-0.2, -0.15) is 0 Å². The zero-order valence-corrected chi connectivity index (χ0v) is 48.2. The first-order valence-corrected chi connectivity index (χ1v) is 28.8. The molecule has 3 heterocycles. The van der Waals surface area contributed by atoms with E-state index in [0.29, 0.717) is 89.4 Å². The highest BCUT2D eigenvalue weighted by Crippen LogP contribution is 2.38. The smallest absolute Gasteiger partial charge is 0.407 e. The molecule has 16 heteroatoms. The van der Waals surface area contributed by atoms with Crippen molar-refractivity contribution in [2.45, 2.75) is 200 Å². The number of aliphatic hydroxyl groups excluding tert-OH is 1. The Morgan fingerprint density at radius 2 is 1.63 bits per heavy atom. The van der Waals surface area contributed by atoms with Gasteiger partial charge in [-0.25, -0.2) is 9.59 Å². The Morgan fingerprint density at radius 3 is 2.33 bits per heavy atom. The number of benzene rings is 1. The third kappa shape index (κ3) is 18.1. The average molecular weight is 1090 g/mol. The van der Waals surface area contributed by atoms with Crippen LogP contribution in [0.3, 0.4) is 0 Å². The maximum atomic E-state index is 14.7. The number of hydrogen-bond acceptors (Lipinski definition) is 14. The van der Waals surface area contributed by atoms with Gasteiger partial charge in [-0.15, -0.1) is 0 Å². The van der Waals surface area contributed by atoms with Crippen LogP contribution in [-0.4, -0.2) is 139 Å². The number of nitrogens with zero attached hydrogens (tertiary/aromatic N) is 1. The van der Waals surface area contributed by atoms with Crippen LogP contribution < -0.4 is 5.32 Å². The SMILES string of the molecule is CCCNC(=O)O[C@@H]1CC[C@@H](C[C@@H](C)[C@@H]2CC(=O)[C@H](C)/C=C(\C)[C@@H](O)[C@@H](OC)C(=O)[C@H](C)C[C@H](C)/C=C/C=C/C=C(\C)C(OCCc3ccccc3)C[C@@H]3CC[C@@H](C)[C@@](O)(O3)C(=O)C(=O)N3CCCCC3C(=O)O2)C[C@H]1OC. The molecule has 0 aromatic heterocycles. The van der Waals surface area contributed by atoms with Crippen LogP contribution in [0.2, 0.25) is 0 Å². The number of amides is 2. The first kappa shape index (κ1) is 64.0. The molecule has 3 fully saturated rings. The van der Waals surface area contributed by atoms with Gasteiger partial charge >= 0.3 is 12.1 Å². The van der Waals surface area contributed by atoms with Gasteiger partial charge in [-0.05, 0) is 125 Å². The lowest BCUT2D eigenvalue weighted by molar-refractivity contribution is -0.266. The van der Waals surface area contributed by atoms with E-state index in [0.717, 1.165) is 17.6 Å². The number of ether oxygens (including phenoxy) is 6. The summed E-state index contributed by atoms with van der Waals surface area (Å²) in [7, 11) is 2.96. The number of rotatable bonds is 12. The topological polar surface area (TPSA) is 214 Å². The number of nitrogens with one attached hydrogen (secondary N) is 1. The fraction of sp³-hybridized carbons (Fsp3) is 0.677. The highest BCUT2D eigenvalue weighted by Gasteiger charge is 2.53. The fourth-order valence-electron chi connectivity index (χ4n) is 11.5. The molecule has 2 amide bonds. The standard InChI is InChI=1S/C62H92N2O14/c1-11-30-63-61(71)77-51-28-26-47(36-54(51)73-9)35-42(5)53-38-50(65)41(4)34-44(7)56(67)57(74-10)55(66)43(6)33-39(2)20-14-12-15-21-40(3)52(75-32-29-46-22-16-13-17-23-46)37-48-27-25-45(8)62(72,78-48)58(68)59(69)64-31-19-18-24-49(64)60(70)76-53/h12-17,20-23,34,39,41-43,45,47-49,51-54,56-57,67,72H,11,18-19,24-33,35-38H2,1-10H3,(H,63,71)/b15-12+,20-14+,40-21+,44-34+/t39-,41-,42-,43-,45-,47+,48+,49?,51-,52?,53+,54-,56-,57+,62-/m1/s1. The molecule has 1 aliphatic carbocycles. The first-order valence-electron chi connectivity index (χ1n) is 28.8. The highest BCUT2D eigenvalue weighted by molar-refractivity contribution is 6.39.